The van der Waals surface area contributed by atoms with E-state index in [2.05, 4.69) is 0 Å². The van der Waals surface area contributed by atoms with Gasteiger partial charge in [0.25, 0.3) is 11.7 Å². The fraction of sp³-hybridized carbons (Fsp3) is 0.333. The van der Waals surface area contributed by atoms with Crippen molar-refractivity contribution in [2.45, 2.75) is 37.8 Å². The molecule has 2 N–H and O–H groups in total. The van der Waals surface area contributed by atoms with Crippen molar-refractivity contribution in [3.63, 3.8) is 0 Å². The van der Waals surface area contributed by atoms with E-state index >= 15 is 0 Å². The highest BCUT2D eigenvalue weighted by atomic mass is 35.5. The molecule has 1 saturated heterocycles. The molecule has 1 amide bonds. The number of phenolic OH excluding ortho intramolecular Hbond substituents is 1. The van der Waals surface area contributed by atoms with Gasteiger partial charge in [-0.3, -0.25) is 9.59 Å². The summed E-state index contributed by atoms with van der Waals surface area (Å²) < 4.78 is 10.4. The Bertz CT molecular complexity index is 1110. The molecule has 4 rings (SSSR count). The Kier molecular flexibility index (Phi) is 6.02. The number of halogens is 1. The Morgan fingerprint density at radius 1 is 1.03 bits per heavy atom. The molecule has 2 aromatic rings. The SMILES string of the molecule is COc1ccc(C2/C(=C(/O)c3ccc(Cl)c(OC)c3)C(=O)C(=O)N2C2CCCC2)cc1O. The number of amides is 1. The number of ether oxygens (including phenoxy) is 2. The first-order chi connectivity index (χ1) is 15.4. The molecule has 1 saturated carbocycles. The van der Waals surface area contributed by atoms with Crippen molar-refractivity contribution in [2.24, 2.45) is 0 Å². The van der Waals surface area contributed by atoms with Crippen molar-refractivity contribution >= 4 is 29.1 Å². The number of benzene rings is 2. The Morgan fingerprint density at radius 3 is 2.34 bits per heavy atom. The van der Waals surface area contributed by atoms with Gasteiger partial charge in [0.2, 0.25) is 0 Å². The minimum atomic E-state index is -0.837. The molecule has 1 heterocycles. The van der Waals surface area contributed by atoms with Gasteiger partial charge in [-0.15, -0.1) is 0 Å². The van der Waals surface area contributed by atoms with E-state index in [1.54, 1.807) is 29.2 Å². The van der Waals surface area contributed by atoms with E-state index in [-0.39, 0.29) is 28.9 Å². The van der Waals surface area contributed by atoms with Crippen molar-refractivity contribution in [3.05, 3.63) is 58.1 Å². The van der Waals surface area contributed by atoms with Crippen molar-refractivity contribution in [1.82, 2.24) is 4.90 Å². The summed E-state index contributed by atoms with van der Waals surface area (Å²) in [6.45, 7) is 0. The highest BCUT2D eigenvalue weighted by molar-refractivity contribution is 6.46. The minimum Gasteiger partial charge on any atom is -0.507 e. The number of carbonyl (C=O) groups is 2. The number of aliphatic hydroxyl groups is 1. The van der Waals surface area contributed by atoms with Crippen LogP contribution in [0.2, 0.25) is 5.02 Å². The zero-order valence-corrected chi connectivity index (χ0v) is 18.6. The Balaban J connectivity index is 1.90. The van der Waals surface area contributed by atoms with Crippen LogP contribution in [0.5, 0.6) is 17.2 Å². The normalized spacial score (nSPS) is 20.7. The summed E-state index contributed by atoms with van der Waals surface area (Å²) >= 11 is 6.10. The number of carbonyl (C=O) groups excluding carboxylic acids is 2. The summed E-state index contributed by atoms with van der Waals surface area (Å²) in [7, 11) is 2.89. The molecule has 1 atom stereocenters. The highest BCUT2D eigenvalue weighted by Crippen LogP contribution is 2.45. The van der Waals surface area contributed by atoms with Gasteiger partial charge in [0.05, 0.1) is 30.9 Å². The lowest BCUT2D eigenvalue weighted by molar-refractivity contribution is -0.141. The summed E-state index contributed by atoms with van der Waals surface area (Å²) in [6, 6.07) is 8.40. The topological polar surface area (TPSA) is 96.3 Å². The maximum Gasteiger partial charge on any atom is 0.295 e. The lowest BCUT2D eigenvalue weighted by Gasteiger charge is -2.31. The third kappa shape index (κ3) is 3.66. The summed E-state index contributed by atoms with van der Waals surface area (Å²) in [4.78, 5) is 27.8. The van der Waals surface area contributed by atoms with E-state index in [1.807, 2.05) is 0 Å². The number of aromatic hydroxyl groups is 1. The number of ketones is 1. The van der Waals surface area contributed by atoms with Crippen molar-refractivity contribution < 1.29 is 29.3 Å². The van der Waals surface area contributed by atoms with Crippen LogP contribution in [-0.4, -0.2) is 47.1 Å². The van der Waals surface area contributed by atoms with Crippen LogP contribution in [0.4, 0.5) is 0 Å². The molecule has 7 nitrogen and oxygen atoms in total. The number of Topliss-reactive ketones (excluding diaryl/α,β-unsaturated/α-hetero) is 1. The molecule has 2 fully saturated rings. The largest absolute Gasteiger partial charge is 0.507 e. The lowest BCUT2D eigenvalue weighted by atomic mass is 9.94. The fourth-order valence-electron chi connectivity index (χ4n) is 4.58. The fourth-order valence-corrected chi connectivity index (χ4v) is 4.77. The van der Waals surface area contributed by atoms with Crippen LogP contribution >= 0.6 is 11.6 Å². The summed E-state index contributed by atoms with van der Waals surface area (Å²) in [5.41, 5.74) is 0.783. The van der Waals surface area contributed by atoms with Gasteiger partial charge < -0.3 is 24.6 Å². The number of hydrogen-bond donors (Lipinski definition) is 2. The molecule has 0 aromatic heterocycles. The van der Waals surface area contributed by atoms with E-state index in [0.717, 1.165) is 25.7 Å². The molecule has 1 aliphatic carbocycles. The van der Waals surface area contributed by atoms with Gasteiger partial charge in [-0.25, -0.2) is 0 Å². The van der Waals surface area contributed by atoms with Crippen LogP contribution in [0.1, 0.15) is 42.9 Å². The summed E-state index contributed by atoms with van der Waals surface area (Å²) in [5.74, 6) is -1.24. The Hall–Kier alpha value is -3.19. The quantitative estimate of drug-likeness (QED) is 0.392. The van der Waals surface area contributed by atoms with Gasteiger partial charge in [0, 0.05) is 11.6 Å². The van der Waals surface area contributed by atoms with Gasteiger partial charge in [-0.05, 0) is 48.7 Å². The molecular weight excluding hydrogens is 434 g/mol. The number of aliphatic hydroxyl groups excluding tert-OH is 1. The van der Waals surface area contributed by atoms with E-state index in [9.17, 15) is 19.8 Å². The molecule has 2 aromatic carbocycles. The van der Waals surface area contributed by atoms with Crippen LogP contribution in [0.25, 0.3) is 5.76 Å². The van der Waals surface area contributed by atoms with Gasteiger partial charge in [0.15, 0.2) is 11.5 Å². The average molecular weight is 458 g/mol. The molecular formula is C24H24ClNO6. The number of nitrogens with zero attached hydrogens (tertiary/aromatic N) is 1. The van der Waals surface area contributed by atoms with Crippen molar-refractivity contribution in [3.8, 4) is 17.2 Å². The summed E-state index contributed by atoms with van der Waals surface area (Å²) in [6.07, 6.45) is 3.48. The zero-order valence-electron chi connectivity index (χ0n) is 17.8. The van der Waals surface area contributed by atoms with Crippen LogP contribution < -0.4 is 9.47 Å². The predicted octanol–water partition coefficient (Wildman–Crippen LogP) is 4.43. The minimum absolute atomic E-state index is 0.0316. The molecule has 1 unspecified atom stereocenters. The Labute approximate surface area is 190 Å². The standard InChI is InChI=1S/C24H24ClNO6/c1-31-18-10-8-13(11-17(18)27)21-20(22(28)14-7-9-16(25)19(12-14)32-2)23(29)24(30)26(21)15-5-3-4-6-15/h7-12,15,21,27-28H,3-6H2,1-2H3/b22-20-. The molecule has 0 radical (unpaired) electrons. The maximum atomic E-state index is 13.1. The molecule has 8 heteroatoms. The van der Waals surface area contributed by atoms with E-state index in [0.29, 0.717) is 21.9 Å². The molecule has 2 aliphatic rings. The van der Waals surface area contributed by atoms with Gasteiger partial charge >= 0.3 is 0 Å². The molecule has 0 bridgehead atoms. The smallest absolute Gasteiger partial charge is 0.295 e. The Morgan fingerprint density at radius 2 is 1.72 bits per heavy atom. The zero-order chi connectivity index (χ0) is 23.0. The predicted molar refractivity (Wildman–Crippen MR) is 119 cm³/mol. The van der Waals surface area contributed by atoms with Gasteiger partial charge in [-0.1, -0.05) is 30.5 Å². The average Bonchev–Trinajstić information content (AvgIpc) is 3.40. The van der Waals surface area contributed by atoms with Gasteiger partial charge in [-0.2, -0.15) is 0 Å². The van der Waals surface area contributed by atoms with Crippen LogP contribution in [0, 0.1) is 0 Å². The van der Waals surface area contributed by atoms with E-state index < -0.39 is 17.7 Å². The third-order valence-corrected chi connectivity index (χ3v) is 6.45. The first kappa shape index (κ1) is 22.0. The van der Waals surface area contributed by atoms with Crippen LogP contribution in [0.3, 0.4) is 0 Å². The van der Waals surface area contributed by atoms with E-state index in [4.69, 9.17) is 21.1 Å². The number of rotatable bonds is 5. The lowest BCUT2D eigenvalue weighted by Crippen LogP contribution is -2.37. The molecule has 1 aliphatic heterocycles. The second-order valence-corrected chi connectivity index (χ2v) is 8.33. The maximum absolute atomic E-state index is 13.1. The highest BCUT2D eigenvalue weighted by Gasteiger charge is 2.49. The number of phenols is 1. The van der Waals surface area contributed by atoms with Crippen LogP contribution in [-0.2, 0) is 9.59 Å². The number of hydrogen-bond acceptors (Lipinski definition) is 6. The summed E-state index contributed by atoms with van der Waals surface area (Å²) in [5, 5.41) is 21.9. The first-order valence-corrected chi connectivity index (χ1v) is 10.8. The van der Waals surface area contributed by atoms with Crippen LogP contribution in [0.15, 0.2) is 42.0 Å². The first-order valence-electron chi connectivity index (χ1n) is 10.4. The second-order valence-electron chi connectivity index (χ2n) is 7.93. The monoisotopic (exact) mass is 457 g/mol. The van der Waals surface area contributed by atoms with E-state index in [1.165, 1.54) is 26.4 Å². The number of likely N-dealkylation sites (tertiary alicyclic amines) is 1. The van der Waals surface area contributed by atoms with Crippen molar-refractivity contribution in [2.75, 3.05) is 14.2 Å². The molecule has 0 spiro atoms. The molecule has 168 valence electrons. The second kappa shape index (κ2) is 8.74. The molecule has 32 heavy (non-hydrogen) atoms. The van der Waals surface area contributed by atoms with Crippen molar-refractivity contribution in [1.29, 1.82) is 0 Å². The van der Waals surface area contributed by atoms with Gasteiger partial charge in [0.1, 0.15) is 11.5 Å². The number of methoxy groups -OCH3 is 2. The third-order valence-electron chi connectivity index (χ3n) is 6.14.